The largest absolute Gasteiger partial charge is 0.497 e. The standard InChI is InChI=1S/C16H18N4O/c1-4-14-19-15-13(9-10(2)17-16(15)20-14)18-11-5-7-12(21-3)8-6-11/h5-9H,4H2,1-3H3,(H2,17,18,19,20). The minimum absolute atomic E-state index is 0.753. The first-order valence-electron chi connectivity index (χ1n) is 6.97. The van der Waals surface area contributed by atoms with Gasteiger partial charge in [0, 0.05) is 17.8 Å². The number of aryl methyl sites for hydroxylation is 2. The van der Waals surface area contributed by atoms with E-state index in [1.165, 1.54) is 0 Å². The molecule has 2 N–H and O–H groups in total. The first-order valence-corrected chi connectivity index (χ1v) is 6.97. The number of rotatable bonds is 4. The Hall–Kier alpha value is -2.56. The number of H-pyrrole nitrogens is 1. The summed E-state index contributed by atoms with van der Waals surface area (Å²) in [6.45, 7) is 4.04. The minimum atomic E-state index is 0.753. The van der Waals surface area contributed by atoms with Crippen molar-refractivity contribution in [3.05, 3.63) is 41.9 Å². The molecule has 0 saturated carbocycles. The Kier molecular flexibility index (Phi) is 3.48. The summed E-state index contributed by atoms with van der Waals surface area (Å²) in [4.78, 5) is 12.3. The van der Waals surface area contributed by atoms with Gasteiger partial charge >= 0.3 is 0 Å². The van der Waals surface area contributed by atoms with Crippen LogP contribution in [0.1, 0.15) is 18.4 Å². The number of ether oxygens (including phenoxy) is 1. The maximum absolute atomic E-state index is 5.17. The number of imidazole rings is 1. The molecule has 0 unspecified atom stereocenters. The maximum Gasteiger partial charge on any atom is 0.180 e. The van der Waals surface area contributed by atoms with E-state index in [0.717, 1.165) is 46.2 Å². The van der Waals surface area contributed by atoms with Gasteiger partial charge in [0.1, 0.15) is 17.1 Å². The van der Waals surface area contributed by atoms with Crippen molar-refractivity contribution in [2.24, 2.45) is 0 Å². The molecule has 0 fully saturated rings. The second-order valence-corrected chi connectivity index (χ2v) is 4.90. The first-order chi connectivity index (χ1) is 10.2. The average Bonchev–Trinajstić information content (AvgIpc) is 2.91. The van der Waals surface area contributed by atoms with Crippen molar-refractivity contribution < 1.29 is 4.74 Å². The van der Waals surface area contributed by atoms with Crippen molar-refractivity contribution in [1.82, 2.24) is 15.0 Å². The summed E-state index contributed by atoms with van der Waals surface area (Å²) in [6, 6.07) is 9.84. The van der Waals surface area contributed by atoms with E-state index < -0.39 is 0 Å². The van der Waals surface area contributed by atoms with Crippen molar-refractivity contribution in [2.75, 3.05) is 12.4 Å². The number of hydrogen-bond acceptors (Lipinski definition) is 4. The van der Waals surface area contributed by atoms with Crippen LogP contribution >= 0.6 is 0 Å². The van der Waals surface area contributed by atoms with Crippen LogP contribution in [-0.4, -0.2) is 22.1 Å². The Morgan fingerprint density at radius 1 is 1.19 bits per heavy atom. The summed E-state index contributed by atoms with van der Waals surface area (Å²) < 4.78 is 5.17. The molecule has 1 aromatic carbocycles. The van der Waals surface area contributed by atoms with Crippen molar-refractivity contribution in [2.45, 2.75) is 20.3 Å². The van der Waals surface area contributed by atoms with Gasteiger partial charge in [-0.25, -0.2) is 9.97 Å². The molecular weight excluding hydrogens is 264 g/mol. The summed E-state index contributed by atoms with van der Waals surface area (Å²) in [5.74, 6) is 1.78. The zero-order valence-corrected chi connectivity index (χ0v) is 12.4. The van der Waals surface area contributed by atoms with Crippen LogP contribution in [0.5, 0.6) is 5.75 Å². The second kappa shape index (κ2) is 5.44. The number of fused-ring (bicyclic) bond motifs is 1. The summed E-state index contributed by atoms with van der Waals surface area (Å²) in [7, 11) is 1.66. The summed E-state index contributed by atoms with van der Waals surface area (Å²) in [6.07, 6.45) is 0.859. The van der Waals surface area contributed by atoms with E-state index >= 15 is 0 Å². The number of nitrogens with zero attached hydrogens (tertiary/aromatic N) is 2. The van der Waals surface area contributed by atoms with E-state index in [2.05, 4.69) is 27.2 Å². The highest BCUT2D eigenvalue weighted by atomic mass is 16.5. The van der Waals surface area contributed by atoms with Gasteiger partial charge in [0.05, 0.1) is 12.8 Å². The van der Waals surface area contributed by atoms with Crippen molar-refractivity contribution >= 4 is 22.5 Å². The lowest BCUT2D eigenvalue weighted by atomic mass is 10.2. The molecule has 2 heterocycles. The molecule has 5 nitrogen and oxygen atoms in total. The monoisotopic (exact) mass is 282 g/mol. The number of anilines is 2. The fraction of sp³-hybridized carbons (Fsp3) is 0.250. The van der Waals surface area contributed by atoms with E-state index in [4.69, 9.17) is 4.74 Å². The van der Waals surface area contributed by atoms with Gasteiger partial charge in [0.25, 0.3) is 0 Å². The Morgan fingerprint density at radius 3 is 2.62 bits per heavy atom. The minimum Gasteiger partial charge on any atom is -0.497 e. The molecule has 0 spiro atoms. The van der Waals surface area contributed by atoms with Crippen LogP contribution in [0.15, 0.2) is 30.3 Å². The molecule has 108 valence electrons. The van der Waals surface area contributed by atoms with Gasteiger partial charge in [-0.1, -0.05) is 6.92 Å². The average molecular weight is 282 g/mol. The lowest BCUT2D eigenvalue weighted by molar-refractivity contribution is 0.415. The highest BCUT2D eigenvalue weighted by Gasteiger charge is 2.09. The second-order valence-electron chi connectivity index (χ2n) is 4.90. The van der Waals surface area contributed by atoms with E-state index in [9.17, 15) is 0 Å². The number of benzene rings is 1. The van der Waals surface area contributed by atoms with Gasteiger partial charge < -0.3 is 15.0 Å². The highest BCUT2D eigenvalue weighted by Crippen LogP contribution is 2.26. The van der Waals surface area contributed by atoms with E-state index in [0.29, 0.717) is 0 Å². The Bertz CT molecular complexity index is 762. The van der Waals surface area contributed by atoms with Gasteiger partial charge in [-0.15, -0.1) is 0 Å². The number of methoxy groups -OCH3 is 1. The quantitative estimate of drug-likeness (QED) is 0.767. The summed E-state index contributed by atoms with van der Waals surface area (Å²) >= 11 is 0. The molecule has 0 aliphatic carbocycles. The molecular formula is C16H18N4O. The molecule has 0 saturated heterocycles. The fourth-order valence-corrected chi connectivity index (χ4v) is 2.26. The third-order valence-electron chi connectivity index (χ3n) is 3.34. The third kappa shape index (κ3) is 2.67. The van der Waals surface area contributed by atoms with Gasteiger partial charge in [-0.2, -0.15) is 0 Å². The van der Waals surface area contributed by atoms with Gasteiger partial charge in [-0.05, 0) is 37.3 Å². The van der Waals surface area contributed by atoms with Gasteiger partial charge in [0.2, 0.25) is 0 Å². The molecule has 2 aromatic heterocycles. The zero-order valence-electron chi connectivity index (χ0n) is 12.4. The predicted octanol–water partition coefficient (Wildman–Crippen LogP) is 3.58. The molecule has 0 radical (unpaired) electrons. The molecule has 3 rings (SSSR count). The van der Waals surface area contributed by atoms with Crippen LogP contribution in [0.25, 0.3) is 11.2 Å². The molecule has 21 heavy (non-hydrogen) atoms. The first kappa shape index (κ1) is 13.4. The number of nitrogens with one attached hydrogen (secondary N) is 2. The van der Waals surface area contributed by atoms with Gasteiger partial charge in [-0.3, -0.25) is 0 Å². The highest BCUT2D eigenvalue weighted by molar-refractivity contribution is 5.88. The molecule has 5 heteroatoms. The van der Waals surface area contributed by atoms with Crippen molar-refractivity contribution in [3.63, 3.8) is 0 Å². The predicted molar refractivity (Wildman–Crippen MR) is 84.3 cm³/mol. The molecule has 0 aliphatic heterocycles. The molecule has 0 atom stereocenters. The number of hydrogen-bond donors (Lipinski definition) is 2. The Morgan fingerprint density at radius 2 is 1.95 bits per heavy atom. The summed E-state index contributed by atoms with van der Waals surface area (Å²) in [5.41, 5.74) is 4.61. The van der Waals surface area contributed by atoms with Crippen LogP contribution in [-0.2, 0) is 6.42 Å². The van der Waals surface area contributed by atoms with Crippen molar-refractivity contribution in [3.8, 4) is 5.75 Å². The van der Waals surface area contributed by atoms with Crippen LogP contribution in [0, 0.1) is 6.92 Å². The lowest BCUT2D eigenvalue weighted by Crippen LogP contribution is -1.94. The third-order valence-corrected chi connectivity index (χ3v) is 3.34. The maximum atomic E-state index is 5.17. The number of pyridine rings is 1. The lowest BCUT2D eigenvalue weighted by Gasteiger charge is -2.09. The van der Waals surface area contributed by atoms with E-state index in [1.54, 1.807) is 7.11 Å². The smallest absolute Gasteiger partial charge is 0.180 e. The number of aromatic amines is 1. The van der Waals surface area contributed by atoms with E-state index in [-0.39, 0.29) is 0 Å². The van der Waals surface area contributed by atoms with Crippen molar-refractivity contribution in [1.29, 1.82) is 0 Å². The SMILES string of the molecule is CCc1nc2nc(C)cc(Nc3ccc(OC)cc3)c2[nH]1. The van der Waals surface area contributed by atoms with E-state index in [1.807, 2.05) is 37.3 Å². The normalized spacial score (nSPS) is 10.8. The molecule has 3 aromatic rings. The van der Waals surface area contributed by atoms with Crippen LogP contribution in [0.3, 0.4) is 0 Å². The Labute approximate surface area is 123 Å². The Balaban J connectivity index is 2.00. The molecule has 0 aliphatic rings. The fourth-order valence-electron chi connectivity index (χ4n) is 2.26. The molecule has 0 amide bonds. The topological polar surface area (TPSA) is 62.8 Å². The zero-order chi connectivity index (χ0) is 14.8. The van der Waals surface area contributed by atoms with Crippen LogP contribution in [0.4, 0.5) is 11.4 Å². The van der Waals surface area contributed by atoms with Crippen LogP contribution < -0.4 is 10.1 Å². The van der Waals surface area contributed by atoms with Crippen LogP contribution in [0.2, 0.25) is 0 Å². The summed E-state index contributed by atoms with van der Waals surface area (Å²) in [5, 5.41) is 3.41. The molecule has 0 bridgehead atoms. The van der Waals surface area contributed by atoms with Gasteiger partial charge in [0.15, 0.2) is 5.65 Å². The number of aromatic nitrogens is 3.